The SMILES string of the molecule is CCCCCCCCCCCCCCCCCCNC(=O)CCC(N)=O.[NaH].[NaH]. The first kappa shape index (κ1) is 33.6. The Morgan fingerprint density at radius 2 is 0.964 bits per heavy atom. The number of hydrogen-bond acceptors (Lipinski definition) is 2. The van der Waals surface area contributed by atoms with E-state index >= 15 is 0 Å². The number of rotatable bonds is 20. The van der Waals surface area contributed by atoms with E-state index in [2.05, 4.69) is 12.2 Å². The van der Waals surface area contributed by atoms with Crippen molar-refractivity contribution in [2.45, 2.75) is 122 Å². The standard InChI is InChI=1S/C22H44N2O2.2Na.2H/c1-2-3-4-5-6-7-8-9-10-11-12-13-14-15-16-17-20-24-22(26)19-18-21(23)25;;;;/h2-20H2,1H3,(H2,23,25)(H,24,26);;;;. The van der Waals surface area contributed by atoms with E-state index in [4.69, 9.17) is 5.73 Å². The van der Waals surface area contributed by atoms with Crippen LogP contribution in [0, 0.1) is 0 Å². The molecule has 0 atom stereocenters. The molecule has 6 heteroatoms. The summed E-state index contributed by atoms with van der Waals surface area (Å²) in [4.78, 5) is 22.0. The topological polar surface area (TPSA) is 72.2 Å². The Labute approximate surface area is 218 Å². The third-order valence-corrected chi connectivity index (χ3v) is 4.95. The summed E-state index contributed by atoms with van der Waals surface area (Å²) in [5.74, 6) is -0.479. The first-order chi connectivity index (χ1) is 12.7. The van der Waals surface area contributed by atoms with Crippen LogP contribution in [-0.4, -0.2) is 77.5 Å². The van der Waals surface area contributed by atoms with Gasteiger partial charge in [-0.05, 0) is 6.42 Å². The molecule has 0 fully saturated rings. The van der Waals surface area contributed by atoms with Crippen molar-refractivity contribution in [2.75, 3.05) is 6.54 Å². The van der Waals surface area contributed by atoms with Gasteiger partial charge in [-0.25, -0.2) is 0 Å². The normalized spacial score (nSPS) is 10.0. The molecule has 0 aliphatic heterocycles. The van der Waals surface area contributed by atoms with Crippen LogP contribution in [0.5, 0.6) is 0 Å². The van der Waals surface area contributed by atoms with E-state index < -0.39 is 5.91 Å². The van der Waals surface area contributed by atoms with E-state index in [9.17, 15) is 9.59 Å². The van der Waals surface area contributed by atoms with Crippen LogP contribution in [0.2, 0.25) is 0 Å². The van der Waals surface area contributed by atoms with Gasteiger partial charge < -0.3 is 11.1 Å². The molecule has 0 radical (unpaired) electrons. The molecule has 0 aromatic heterocycles. The molecule has 2 amide bonds. The van der Waals surface area contributed by atoms with Crippen LogP contribution in [-0.2, 0) is 9.59 Å². The van der Waals surface area contributed by atoms with E-state index in [0.717, 1.165) is 13.0 Å². The van der Waals surface area contributed by atoms with Crippen molar-refractivity contribution in [2.24, 2.45) is 5.73 Å². The van der Waals surface area contributed by atoms with E-state index in [1.54, 1.807) is 0 Å². The number of carbonyl (C=O) groups is 2. The van der Waals surface area contributed by atoms with Gasteiger partial charge in [0.1, 0.15) is 0 Å². The van der Waals surface area contributed by atoms with Crippen molar-refractivity contribution in [3.63, 3.8) is 0 Å². The van der Waals surface area contributed by atoms with Crippen LogP contribution < -0.4 is 11.1 Å². The third kappa shape index (κ3) is 29.1. The second kappa shape index (κ2) is 27.9. The second-order valence-electron chi connectivity index (χ2n) is 7.62. The molecule has 3 N–H and O–H groups in total. The van der Waals surface area contributed by atoms with Gasteiger partial charge in [0.25, 0.3) is 0 Å². The quantitative estimate of drug-likeness (QED) is 0.229. The average molecular weight is 417 g/mol. The van der Waals surface area contributed by atoms with Gasteiger partial charge in [-0.1, -0.05) is 103 Å². The average Bonchev–Trinajstić information content (AvgIpc) is 2.62. The van der Waals surface area contributed by atoms with Crippen molar-refractivity contribution < 1.29 is 9.59 Å². The first-order valence-electron chi connectivity index (χ1n) is 11.2. The predicted molar refractivity (Wildman–Crippen MR) is 125 cm³/mol. The summed E-state index contributed by atoms with van der Waals surface area (Å²) in [7, 11) is 0. The van der Waals surface area contributed by atoms with Gasteiger partial charge in [0.05, 0.1) is 0 Å². The van der Waals surface area contributed by atoms with E-state index in [1.165, 1.54) is 96.3 Å². The van der Waals surface area contributed by atoms with Gasteiger partial charge in [-0.15, -0.1) is 0 Å². The Bertz CT molecular complexity index is 342. The number of unbranched alkanes of at least 4 members (excludes halogenated alkanes) is 15. The summed E-state index contributed by atoms with van der Waals surface area (Å²) in [5, 5.41) is 2.84. The van der Waals surface area contributed by atoms with Crippen molar-refractivity contribution in [1.29, 1.82) is 0 Å². The Kier molecular flexibility index (Phi) is 33.5. The van der Waals surface area contributed by atoms with Crippen LogP contribution in [0.15, 0.2) is 0 Å². The molecule has 28 heavy (non-hydrogen) atoms. The summed E-state index contributed by atoms with van der Waals surface area (Å²) < 4.78 is 0. The summed E-state index contributed by atoms with van der Waals surface area (Å²) >= 11 is 0. The van der Waals surface area contributed by atoms with E-state index in [1.807, 2.05) is 0 Å². The molecule has 0 aliphatic carbocycles. The fourth-order valence-electron chi connectivity index (χ4n) is 3.23. The van der Waals surface area contributed by atoms with Gasteiger partial charge in [0, 0.05) is 19.4 Å². The van der Waals surface area contributed by atoms with Crippen LogP contribution in [0.25, 0.3) is 0 Å². The zero-order chi connectivity index (χ0) is 19.3. The van der Waals surface area contributed by atoms with Gasteiger partial charge in [0.15, 0.2) is 0 Å². The zero-order valence-corrected chi connectivity index (χ0v) is 17.3. The minimum absolute atomic E-state index is 0. The molecule has 0 spiro atoms. The van der Waals surface area contributed by atoms with Crippen LogP contribution in [0.3, 0.4) is 0 Å². The second-order valence-corrected chi connectivity index (χ2v) is 7.62. The number of nitrogens with two attached hydrogens (primary N) is 1. The molecular weight excluding hydrogens is 370 g/mol. The molecular formula is C22H46N2Na2O2. The molecule has 0 aromatic carbocycles. The van der Waals surface area contributed by atoms with Crippen molar-refractivity contribution in [3.05, 3.63) is 0 Å². The minimum atomic E-state index is -0.414. The molecule has 0 heterocycles. The molecule has 0 aliphatic rings. The van der Waals surface area contributed by atoms with Gasteiger partial charge in [-0.3, -0.25) is 9.59 Å². The van der Waals surface area contributed by atoms with Crippen LogP contribution in [0.1, 0.15) is 122 Å². The van der Waals surface area contributed by atoms with Gasteiger partial charge >= 0.3 is 59.1 Å². The molecule has 0 rings (SSSR count). The summed E-state index contributed by atoms with van der Waals surface area (Å²) in [6, 6.07) is 0. The molecule has 0 saturated carbocycles. The van der Waals surface area contributed by atoms with Crippen molar-refractivity contribution in [3.8, 4) is 0 Å². The Morgan fingerprint density at radius 3 is 1.32 bits per heavy atom. The zero-order valence-electron chi connectivity index (χ0n) is 17.3. The molecule has 0 aromatic rings. The van der Waals surface area contributed by atoms with E-state index in [-0.39, 0.29) is 77.9 Å². The van der Waals surface area contributed by atoms with Crippen LogP contribution in [0.4, 0.5) is 0 Å². The molecule has 0 saturated heterocycles. The number of nitrogens with one attached hydrogen (secondary N) is 1. The van der Waals surface area contributed by atoms with Crippen molar-refractivity contribution >= 4 is 70.9 Å². The summed E-state index contributed by atoms with van der Waals surface area (Å²) in [6.45, 7) is 2.99. The maximum absolute atomic E-state index is 11.4. The van der Waals surface area contributed by atoms with E-state index in [0.29, 0.717) is 0 Å². The third-order valence-electron chi connectivity index (χ3n) is 4.95. The summed E-state index contributed by atoms with van der Waals surface area (Å²) in [6.07, 6.45) is 22.0. The Hall–Kier alpha value is 0.940. The predicted octanol–water partition coefficient (Wildman–Crippen LogP) is 4.33. The fraction of sp³-hybridized carbons (Fsp3) is 0.909. The van der Waals surface area contributed by atoms with Crippen LogP contribution >= 0.6 is 0 Å². The number of carbonyl (C=O) groups excluding carboxylic acids is 2. The van der Waals surface area contributed by atoms with Gasteiger partial charge in [-0.2, -0.15) is 0 Å². The molecule has 158 valence electrons. The van der Waals surface area contributed by atoms with Gasteiger partial charge in [0.2, 0.25) is 11.8 Å². The Morgan fingerprint density at radius 1 is 0.607 bits per heavy atom. The number of amides is 2. The first-order valence-corrected chi connectivity index (χ1v) is 11.2. The van der Waals surface area contributed by atoms with Crippen molar-refractivity contribution in [1.82, 2.24) is 5.32 Å². The molecule has 0 bridgehead atoms. The maximum atomic E-state index is 11.4. The number of hydrogen-bond donors (Lipinski definition) is 2. The Balaban J connectivity index is -0.00000312. The molecule has 4 nitrogen and oxygen atoms in total. The molecule has 0 unspecified atom stereocenters. The summed E-state index contributed by atoms with van der Waals surface area (Å²) in [5.41, 5.74) is 5.02. The number of primary amides is 1. The monoisotopic (exact) mass is 416 g/mol. The fourth-order valence-corrected chi connectivity index (χ4v) is 3.23.